The lowest BCUT2D eigenvalue weighted by molar-refractivity contribution is -0.147. The lowest BCUT2D eigenvalue weighted by Gasteiger charge is -2.41. The number of rotatable bonds is 17. The molecule has 42 heavy (non-hydrogen) atoms. The Hall–Kier alpha value is -2.04. The Kier molecular flexibility index (Phi) is 15.6. The highest BCUT2D eigenvalue weighted by Gasteiger charge is 2.42. The van der Waals surface area contributed by atoms with Gasteiger partial charge in [0.05, 0.1) is 36.8 Å². The van der Waals surface area contributed by atoms with Crippen LogP contribution in [0.3, 0.4) is 0 Å². The van der Waals surface area contributed by atoms with Crippen LogP contribution in [0.25, 0.3) is 0 Å². The molecule has 1 saturated heterocycles. The van der Waals surface area contributed by atoms with Crippen LogP contribution >= 0.6 is 0 Å². The van der Waals surface area contributed by atoms with Gasteiger partial charge in [-0.25, -0.2) is 0 Å². The molecule has 244 valence electrons. The predicted octanol–water partition coefficient (Wildman–Crippen LogP) is 3.22. The highest BCUT2D eigenvalue weighted by Crippen LogP contribution is 2.29. The minimum atomic E-state index is -0.720. The first-order valence-corrected chi connectivity index (χ1v) is 15.6. The number of hydrogen-bond donors (Lipinski definition) is 1. The van der Waals surface area contributed by atoms with E-state index in [4.69, 9.17) is 9.47 Å². The number of carbonyl (C=O) groups excluding carboxylic acids is 4. The summed E-state index contributed by atoms with van der Waals surface area (Å²) in [5.74, 6) is -0.782. The second kappa shape index (κ2) is 17.3. The van der Waals surface area contributed by atoms with Gasteiger partial charge in [0.25, 0.3) is 0 Å². The highest BCUT2D eigenvalue weighted by atomic mass is 16.5. The van der Waals surface area contributed by atoms with Gasteiger partial charge in [-0.1, -0.05) is 54.9 Å². The van der Waals surface area contributed by atoms with E-state index in [0.717, 1.165) is 19.3 Å². The number of likely N-dealkylation sites (N-methyl/N-ethyl adjacent to an activating group) is 2. The van der Waals surface area contributed by atoms with Crippen molar-refractivity contribution in [1.82, 2.24) is 20.0 Å². The Balaban J connectivity index is 3.26. The van der Waals surface area contributed by atoms with E-state index in [1.165, 1.54) is 0 Å². The number of ether oxygens (including phenoxy) is 2. The van der Waals surface area contributed by atoms with Gasteiger partial charge in [0.1, 0.15) is 11.8 Å². The topological polar surface area (TPSA) is 108 Å². The second-order valence-corrected chi connectivity index (χ2v) is 13.1. The molecule has 1 aliphatic heterocycles. The average molecular weight is 597 g/mol. The minimum absolute atomic E-state index is 0.0317. The number of likely N-dealkylation sites (tertiary alicyclic amines) is 1. The van der Waals surface area contributed by atoms with Crippen molar-refractivity contribution < 1.29 is 28.7 Å². The molecule has 0 aromatic rings. The SMILES string of the molecule is CC[C@H](C)[C@@H]([C@@H](CC(=O)N1CCC[C@H]1[C@H](OC)[C@@H](C)C(C)=O)OC)N(C)C(=O)[C@@H](NC(=O)C(C(C)C)N(C)C)C(C)C. The lowest BCUT2D eigenvalue weighted by atomic mass is 9.89. The summed E-state index contributed by atoms with van der Waals surface area (Å²) < 4.78 is 11.7. The minimum Gasteiger partial charge on any atom is -0.379 e. The van der Waals surface area contributed by atoms with Gasteiger partial charge in [-0.2, -0.15) is 0 Å². The van der Waals surface area contributed by atoms with Crippen molar-refractivity contribution in [3.63, 3.8) is 0 Å². The van der Waals surface area contributed by atoms with Crippen molar-refractivity contribution >= 4 is 23.5 Å². The largest absolute Gasteiger partial charge is 0.379 e. The van der Waals surface area contributed by atoms with Gasteiger partial charge in [-0.15, -0.1) is 0 Å². The van der Waals surface area contributed by atoms with Crippen LogP contribution in [0.1, 0.15) is 81.1 Å². The molecule has 1 aliphatic rings. The van der Waals surface area contributed by atoms with Gasteiger partial charge in [0, 0.05) is 33.7 Å². The quantitative estimate of drug-likeness (QED) is 0.275. The van der Waals surface area contributed by atoms with Crippen molar-refractivity contribution in [3.05, 3.63) is 0 Å². The first kappa shape index (κ1) is 38.0. The molecule has 1 N–H and O–H groups in total. The summed E-state index contributed by atoms with van der Waals surface area (Å²) in [5.41, 5.74) is 0. The number of carbonyl (C=O) groups is 4. The van der Waals surface area contributed by atoms with Gasteiger partial charge in [-0.05, 0) is 51.6 Å². The molecule has 0 saturated carbocycles. The van der Waals surface area contributed by atoms with E-state index >= 15 is 0 Å². The van der Waals surface area contributed by atoms with E-state index in [0.29, 0.717) is 6.54 Å². The Labute approximate surface area is 255 Å². The van der Waals surface area contributed by atoms with Crippen LogP contribution in [0, 0.1) is 23.7 Å². The van der Waals surface area contributed by atoms with E-state index in [9.17, 15) is 19.2 Å². The number of ketones is 1. The smallest absolute Gasteiger partial charge is 0.245 e. The van der Waals surface area contributed by atoms with Crippen LogP contribution in [0.4, 0.5) is 0 Å². The molecule has 0 radical (unpaired) electrons. The van der Waals surface area contributed by atoms with E-state index in [2.05, 4.69) is 19.2 Å². The Morgan fingerprint density at radius 1 is 0.952 bits per heavy atom. The Morgan fingerprint density at radius 3 is 1.98 bits per heavy atom. The monoisotopic (exact) mass is 596 g/mol. The first-order chi connectivity index (χ1) is 19.5. The molecular weight excluding hydrogens is 536 g/mol. The van der Waals surface area contributed by atoms with Gasteiger partial charge >= 0.3 is 0 Å². The summed E-state index contributed by atoms with van der Waals surface area (Å²) in [6.45, 7) is 15.9. The van der Waals surface area contributed by atoms with E-state index in [1.54, 1.807) is 33.1 Å². The molecular formula is C32H60N4O6. The molecule has 0 spiro atoms. The van der Waals surface area contributed by atoms with Crippen LogP contribution in [0.15, 0.2) is 0 Å². The maximum absolute atomic E-state index is 14.0. The van der Waals surface area contributed by atoms with Crippen molar-refractivity contribution in [2.45, 2.75) is 117 Å². The number of Topliss-reactive ketones (excluding diaryl/α,β-unsaturated/α-hetero) is 1. The fourth-order valence-corrected chi connectivity index (χ4v) is 6.49. The van der Waals surface area contributed by atoms with E-state index < -0.39 is 12.1 Å². The van der Waals surface area contributed by atoms with E-state index in [1.807, 2.05) is 58.5 Å². The standard InChI is InChI=1S/C32H60N4O6/c1-14-21(6)29(35(11)32(40)27(19(2)3)33-31(39)28(20(4)5)34(9)10)25(41-12)18-26(38)36-17-15-16-24(36)30(42-13)22(7)23(8)37/h19-22,24-25,27-30H,14-18H2,1-13H3,(H,33,39)/t21-,22-,24-,25+,27-,28?,29-,30+/m0/s1. The normalized spacial score (nSPS) is 20.7. The summed E-state index contributed by atoms with van der Waals surface area (Å²) >= 11 is 0. The zero-order chi connectivity index (χ0) is 32.5. The molecule has 10 nitrogen and oxygen atoms in total. The van der Waals surface area contributed by atoms with Crippen molar-refractivity contribution in [2.75, 3.05) is 41.9 Å². The van der Waals surface area contributed by atoms with Crippen LogP contribution in [0.2, 0.25) is 0 Å². The van der Waals surface area contributed by atoms with Crippen molar-refractivity contribution in [1.29, 1.82) is 0 Å². The molecule has 0 aromatic heterocycles. The molecule has 0 aromatic carbocycles. The molecule has 0 bridgehead atoms. The maximum Gasteiger partial charge on any atom is 0.245 e. The number of hydrogen-bond acceptors (Lipinski definition) is 7. The number of nitrogens with zero attached hydrogens (tertiary/aromatic N) is 3. The third kappa shape index (κ3) is 9.48. The molecule has 1 fully saturated rings. The van der Waals surface area contributed by atoms with Gasteiger partial charge in [-0.3, -0.25) is 24.1 Å². The highest BCUT2D eigenvalue weighted by molar-refractivity contribution is 5.90. The zero-order valence-electron chi connectivity index (χ0n) is 28.6. The van der Waals surface area contributed by atoms with Crippen molar-refractivity contribution in [3.8, 4) is 0 Å². The average Bonchev–Trinajstić information content (AvgIpc) is 3.39. The van der Waals surface area contributed by atoms with Crippen LogP contribution in [-0.2, 0) is 28.7 Å². The lowest BCUT2D eigenvalue weighted by Crippen LogP contribution is -2.59. The summed E-state index contributed by atoms with van der Waals surface area (Å²) in [7, 11) is 8.64. The zero-order valence-corrected chi connectivity index (χ0v) is 28.6. The van der Waals surface area contributed by atoms with Crippen LogP contribution in [0.5, 0.6) is 0 Å². The molecule has 0 aliphatic carbocycles. The number of amides is 3. The number of methoxy groups -OCH3 is 2. The summed E-state index contributed by atoms with van der Waals surface area (Å²) in [4.78, 5) is 58.6. The molecule has 8 atom stereocenters. The summed E-state index contributed by atoms with van der Waals surface area (Å²) in [6, 6.07) is -1.66. The Morgan fingerprint density at radius 2 is 1.55 bits per heavy atom. The fourth-order valence-electron chi connectivity index (χ4n) is 6.49. The fraction of sp³-hybridized carbons (Fsp3) is 0.875. The van der Waals surface area contributed by atoms with Gasteiger partial charge in [0.15, 0.2) is 0 Å². The van der Waals surface area contributed by atoms with Gasteiger partial charge < -0.3 is 24.6 Å². The van der Waals surface area contributed by atoms with Crippen molar-refractivity contribution in [2.24, 2.45) is 23.7 Å². The molecule has 1 rings (SSSR count). The van der Waals surface area contributed by atoms with Crippen LogP contribution in [-0.4, -0.2) is 116 Å². The van der Waals surface area contributed by atoms with Gasteiger partial charge in [0.2, 0.25) is 17.7 Å². The molecule has 1 unspecified atom stereocenters. The second-order valence-electron chi connectivity index (χ2n) is 13.1. The third-order valence-electron chi connectivity index (χ3n) is 9.17. The summed E-state index contributed by atoms with van der Waals surface area (Å²) in [6.07, 6.45) is 1.55. The number of nitrogens with one attached hydrogen (secondary N) is 1. The van der Waals surface area contributed by atoms with Crippen LogP contribution < -0.4 is 5.32 Å². The molecule has 3 amide bonds. The molecule has 10 heteroatoms. The molecule has 1 heterocycles. The Bertz CT molecular complexity index is 886. The van der Waals surface area contributed by atoms with E-state index in [-0.39, 0.29) is 77.8 Å². The first-order valence-electron chi connectivity index (χ1n) is 15.6. The maximum atomic E-state index is 14.0. The third-order valence-corrected chi connectivity index (χ3v) is 9.17. The predicted molar refractivity (Wildman–Crippen MR) is 166 cm³/mol. The summed E-state index contributed by atoms with van der Waals surface area (Å²) in [5, 5.41) is 3.03.